The molecule has 0 aliphatic carbocycles. The van der Waals surface area contributed by atoms with Crippen LogP contribution in [0.1, 0.15) is 10.4 Å². The molecule has 1 amide bonds. The van der Waals surface area contributed by atoms with Crippen molar-refractivity contribution in [2.75, 3.05) is 25.5 Å². The number of anilines is 1. The Balaban J connectivity index is 2.80. The molecule has 1 rings (SSSR count). The normalized spacial score (nSPS) is 9.47. The zero-order chi connectivity index (χ0) is 14.3. The van der Waals surface area contributed by atoms with Crippen molar-refractivity contribution in [1.29, 1.82) is 0 Å². The molecular formula is C13H14N2O4. The van der Waals surface area contributed by atoms with Crippen molar-refractivity contribution in [1.82, 2.24) is 5.32 Å². The van der Waals surface area contributed by atoms with Gasteiger partial charge in [0.1, 0.15) is 5.75 Å². The van der Waals surface area contributed by atoms with Crippen LogP contribution in [0, 0.1) is 12.3 Å². The zero-order valence-corrected chi connectivity index (χ0v) is 10.4. The number of nitrogens with one attached hydrogen (secondary N) is 2. The van der Waals surface area contributed by atoms with E-state index in [0.29, 0.717) is 11.4 Å². The first-order valence-corrected chi connectivity index (χ1v) is 5.44. The number of amides is 1. The van der Waals surface area contributed by atoms with E-state index in [9.17, 15) is 9.59 Å². The Kier molecular flexibility index (Phi) is 5.38. The second-order valence-electron chi connectivity index (χ2n) is 3.58. The Morgan fingerprint density at radius 3 is 2.79 bits per heavy atom. The van der Waals surface area contributed by atoms with Crippen molar-refractivity contribution in [3.05, 3.63) is 23.8 Å². The molecule has 1 aromatic carbocycles. The molecule has 100 valence electrons. The van der Waals surface area contributed by atoms with Gasteiger partial charge in [-0.1, -0.05) is 5.92 Å². The Bertz CT molecular complexity index is 520. The molecule has 19 heavy (non-hydrogen) atoms. The number of hydrogen-bond acceptors (Lipinski definition) is 4. The van der Waals surface area contributed by atoms with E-state index in [0.717, 1.165) is 0 Å². The molecule has 1 aromatic rings. The molecule has 0 bridgehead atoms. The molecule has 0 saturated carbocycles. The molecular weight excluding hydrogens is 248 g/mol. The number of benzene rings is 1. The van der Waals surface area contributed by atoms with Crippen molar-refractivity contribution >= 4 is 17.6 Å². The monoisotopic (exact) mass is 262 g/mol. The number of carboxylic acid groups (broad SMARTS) is 1. The lowest BCUT2D eigenvalue weighted by molar-refractivity contribution is -0.115. The molecule has 6 nitrogen and oxygen atoms in total. The van der Waals surface area contributed by atoms with Crippen LogP contribution >= 0.6 is 0 Å². The van der Waals surface area contributed by atoms with Gasteiger partial charge >= 0.3 is 5.97 Å². The first kappa shape index (κ1) is 14.5. The van der Waals surface area contributed by atoms with Gasteiger partial charge in [0.15, 0.2) is 0 Å². The highest BCUT2D eigenvalue weighted by Crippen LogP contribution is 2.25. The van der Waals surface area contributed by atoms with Gasteiger partial charge in [-0.2, -0.15) is 0 Å². The number of terminal acetylenes is 1. The van der Waals surface area contributed by atoms with E-state index in [1.165, 1.54) is 25.3 Å². The highest BCUT2D eigenvalue weighted by atomic mass is 16.5. The van der Waals surface area contributed by atoms with Gasteiger partial charge in [-0.05, 0) is 18.2 Å². The van der Waals surface area contributed by atoms with E-state index in [-0.39, 0.29) is 24.6 Å². The summed E-state index contributed by atoms with van der Waals surface area (Å²) in [4.78, 5) is 22.5. The minimum Gasteiger partial charge on any atom is -0.495 e. The largest absolute Gasteiger partial charge is 0.495 e. The molecule has 0 aromatic heterocycles. The Hall–Kier alpha value is -2.52. The average molecular weight is 262 g/mol. The fourth-order valence-electron chi connectivity index (χ4n) is 1.38. The summed E-state index contributed by atoms with van der Waals surface area (Å²) in [5.41, 5.74) is 0.364. The maximum atomic E-state index is 11.6. The fraction of sp³-hybridized carbons (Fsp3) is 0.231. The number of carboxylic acids is 1. The van der Waals surface area contributed by atoms with Crippen molar-refractivity contribution < 1.29 is 19.4 Å². The maximum Gasteiger partial charge on any atom is 0.335 e. The Morgan fingerprint density at radius 1 is 1.47 bits per heavy atom. The van der Waals surface area contributed by atoms with Crippen molar-refractivity contribution in [3.63, 3.8) is 0 Å². The van der Waals surface area contributed by atoms with Gasteiger partial charge in [-0.25, -0.2) is 4.79 Å². The molecule has 3 N–H and O–H groups in total. The molecule has 6 heteroatoms. The van der Waals surface area contributed by atoms with Gasteiger partial charge < -0.3 is 15.2 Å². The molecule has 0 atom stereocenters. The second-order valence-corrected chi connectivity index (χ2v) is 3.58. The standard InChI is InChI=1S/C13H14N2O4/c1-3-6-14-8-12(16)15-10-7-9(13(17)18)4-5-11(10)19-2/h1,4-5,7,14H,6,8H2,2H3,(H,15,16)(H,17,18). The van der Waals surface area contributed by atoms with E-state index in [1.807, 2.05) is 0 Å². The first-order valence-electron chi connectivity index (χ1n) is 5.44. The number of carbonyl (C=O) groups excluding carboxylic acids is 1. The van der Waals surface area contributed by atoms with Gasteiger partial charge in [0.2, 0.25) is 5.91 Å². The molecule has 0 aliphatic heterocycles. The molecule has 0 radical (unpaired) electrons. The third-order valence-electron chi connectivity index (χ3n) is 2.23. The maximum absolute atomic E-state index is 11.6. The van der Waals surface area contributed by atoms with Crippen LogP contribution in [-0.4, -0.2) is 37.2 Å². The molecule has 0 fully saturated rings. The van der Waals surface area contributed by atoms with E-state index in [2.05, 4.69) is 16.6 Å². The zero-order valence-electron chi connectivity index (χ0n) is 10.4. The van der Waals surface area contributed by atoms with Gasteiger partial charge in [0.25, 0.3) is 0 Å². The minimum atomic E-state index is -1.08. The van der Waals surface area contributed by atoms with Crippen LogP contribution in [0.2, 0.25) is 0 Å². The van der Waals surface area contributed by atoms with Crippen molar-refractivity contribution in [2.45, 2.75) is 0 Å². The lowest BCUT2D eigenvalue weighted by Gasteiger charge is -2.11. The Morgan fingerprint density at radius 2 is 2.21 bits per heavy atom. The van der Waals surface area contributed by atoms with E-state index in [1.54, 1.807) is 0 Å². The topological polar surface area (TPSA) is 87.7 Å². The van der Waals surface area contributed by atoms with Crippen LogP contribution in [0.4, 0.5) is 5.69 Å². The molecule has 0 aliphatic rings. The lowest BCUT2D eigenvalue weighted by Crippen LogP contribution is -2.28. The summed E-state index contributed by atoms with van der Waals surface area (Å²) in [5, 5.41) is 14.2. The fourth-order valence-corrected chi connectivity index (χ4v) is 1.38. The summed E-state index contributed by atoms with van der Waals surface area (Å²) in [6.07, 6.45) is 5.04. The molecule has 0 heterocycles. The number of ether oxygens (including phenoxy) is 1. The van der Waals surface area contributed by atoms with Crippen LogP contribution in [0.15, 0.2) is 18.2 Å². The van der Waals surface area contributed by atoms with Crippen LogP contribution in [0.25, 0.3) is 0 Å². The summed E-state index contributed by atoms with van der Waals surface area (Å²) in [6.45, 7) is 0.310. The third-order valence-corrected chi connectivity index (χ3v) is 2.23. The van der Waals surface area contributed by atoms with Gasteiger partial charge in [-0.3, -0.25) is 10.1 Å². The lowest BCUT2D eigenvalue weighted by atomic mass is 10.2. The summed E-state index contributed by atoms with van der Waals surface area (Å²) >= 11 is 0. The van der Waals surface area contributed by atoms with Gasteiger partial charge in [0, 0.05) is 0 Å². The predicted molar refractivity (Wildman–Crippen MR) is 70.3 cm³/mol. The highest BCUT2D eigenvalue weighted by molar-refractivity contribution is 5.96. The van der Waals surface area contributed by atoms with E-state index < -0.39 is 5.97 Å². The van der Waals surface area contributed by atoms with Crippen molar-refractivity contribution in [2.24, 2.45) is 0 Å². The molecule has 0 spiro atoms. The minimum absolute atomic E-state index is 0.0324. The van der Waals surface area contributed by atoms with Crippen LogP contribution < -0.4 is 15.4 Å². The number of hydrogen-bond donors (Lipinski definition) is 3. The van der Waals surface area contributed by atoms with Gasteiger partial charge in [-0.15, -0.1) is 6.42 Å². The number of rotatable bonds is 6. The number of carbonyl (C=O) groups is 2. The summed E-state index contributed by atoms with van der Waals surface area (Å²) in [5.74, 6) is 1.31. The quantitative estimate of drug-likeness (QED) is 0.515. The smallest absolute Gasteiger partial charge is 0.335 e. The van der Waals surface area contributed by atoms with E-state index in [4.69, 9.17) is 16.3 Å². The number of methoxy groups -OCH3 is 1. The first-order chi connectivity index (χ1) is 9.08. The highest BCUT2D eigenvalue weighted by Gasteiger charge is 2.11. The summed E-state index contributed by atoms with van der Waals surface area (Å²) in [7, 11) is 1.43. The van der Waals surface area contributed by atoms with Crippen LogP contribution in [0.5, 0.6) is 5.75 Å². The van der Waals surface area contributed by atoms with Crippen LogP contribution in [-0.2, 0) is 4.79 Å². The van der Waals surface area contributed by atoms with Crippen molar-refractivity contribution in [3.8, 4) is 18.1 Å². The summed E-state index contributed by atoms with van der Waals surface area (Å²) in [6, 6.07) is 4.21. The number of aromatic carboxylic acids is 1. The second kappa shape index (κ2) is 7.03. The Labute approximate surface area is 110 Å². The summed E-state index contributed by atoms with van der Waals surface area (Å²) < 4.78 is 5.05. The average Bonchev–Trinajstić information content (AvgIpc) is 2.38. The predicted octanol–water partition coefficient (Wildman–Crippen LogP) is 0.555. The third kappa shape index (κ3) is 4.33. The molecule has 0 unspecified atom stereocenters. The van der Waals surface area contributed by atoms with E-state index >= 15 is 0 Å². The van der Waals surface area contributed by atoms with Gasteiger partial charge in [0.05, 0.1) is 31.5 Å². The molecule has 0 saturated heterocycles. The SMILES string of the molecule is C#CCNCC(=O)Nc1cc(C(=O)O)ccc1OC. The van der Waals surface area contributed by atoms with Crippen LogP contribution in [0.3, 0.4) is 0 Å².